The van der Waals surface area contributed by atoms with E-state index in [2.05, 4.69) is 23.3 Å². The quantitative estimate of drug-likeness (QED) is 0.305. The molecule has 0 aliphatic rings. The summed E-state index contributed by atoms with van der Waals surface area (Å²) in [5.74, 6) is -0.0204. The van der Waals surface area contributed by atoms with Crippen LogP contribution in [0.15, 0.2) is 0 Å². The van der Waals surface area contributed by atoms with Gasteiger partial charge in [0.05, 0.1) is 18.6 Å². The van der Waals surface area contributed by atoms with E-state index in [0.29, 0.717) is 19.7 Å². The summed E-state index contributed by atoms with van der Waals surface area (Å²) in [4.78, 5) is 10.8. The van der Waals surface area contributed by atoms with Crippen LogP contribution in [0.25, 0.3) is 0 Å². The van der Waals surface area contributed by atoms with Gasteiger partial charge in [0.25, 0.3) is 0 Å². The molecule has 0 aliphatic heterocycles. The molecule has 0 heterocycles. The molecule has 0 saturated heterocycles. The molecule has 0 aliphatic carbocycles. The fourth-order valence-corrected chi connectivity index (χ4v) is 0.748. The van der Waals surface area contributed by atoms with Crippen LogP contribution in [-0.4, -0.2) is 38.1 Å². The highest BCUT2D eigenvalue weighted by atomic mass is 32.1. The van der Waals surface area contributed by atoms with Crippen LogP contribution >= 0.6 is 12.6 Å². The van der Waals surface area contributed by atoms with Gasteiger partial charge in [-0.3, -0.25) is 4.79 Å². The molecular formula is C7H16N2O2S. The molecule has 0 aromatic rings. The maximum atomic E-state index is 10.8. The lowest BCUT2D eigenvalue weighted by atomic mass is 10.5. The topological polar surface area (TPSA) is 50.4 Å². The van der Waals surface area contributed by atoms with Crippen LogP contribution in [0.4, 0.5) is 0 Å². The molecule has 0 aromatic carbocycles. The Morgan fingerprint density at radius 2 is 2.33 bits per heavy atom. The van der Waals surface area contributed by atoms with Gasteiger partial charge in [0.2, 0.25) is 5.91 Å². The van der Waals surface area contributed by atoms with Crippen molar-refractivity contribution in [2.45, 2.75) is 12.4 Å². The van der Waals surface area contributed by atoms with E-state index in [4.69, 9.17) is 4.74 Å². The number of rotatable bonds is 6. The monoisotopic (exact) mass is 192 g/mol. The second-order valence-electron chi connectivity index (χ2n) is 2.35. The highest BCUT2D eigenvalue weighted by molar-refractivity contribution is 7.80. The minimum absolute atomic E-state index is 0.0204. The Labute approximate surface area is 78.5 Å². The highest BCUT2D eigenvalue weighted by Gasteiger charge is 1.97. The Morgan fingerprint density at radius 1 is 1.67 bits per heavy atom. The summed E-state index contributed by atoms with van der Waals surface area (Å²) in [6.07, 6.45) is 0. The highest BCUT2D eigenvalue weighted by Crippen LogP contribution is 1.92. The van der Waals surface area contributed by atoms with Crippen LogP contribution in [0.1, 0.15) is 6.92 Å². The normalized spacial score (nSPS) is 12.6. The van der Waals surface area contributed by atoms with Gasteiger partial charge in [-0.15, -0.1) is 12.6 Å². The van der Waals surface area contributed by atoms with E-state index in [1.165, 1.54) is 0 Å². The number of thiol groups is 1. The molecule has 0 bridgehead atoms. The average molecular weight is 192 g/mol. The van der Waals surface area contributed by atoms with Crippen molar-refractivity contribution in [3.05, 3.63) is 0 Å². The third-order valence-electron chi connectivity index (χ3n) is 1.12. The van der Waals surface area contributed by atoms with Gasteiger partial charge in [-0.2, -0.15) is 0 Å². The minimum atomic E-state index is -0.0776. The molecule has 12 heavy (non-hydrogen) atoms. The van der Waals surface area contributed by atoms with Gasteiger partial charge in [-0.25, -0.2) is 0 Å². The van der Waals surface area contributed by atoms with Crippen LogP contribution in [0, 0.1) is 0 Å². The second-order valence-corrected chi connectivity index (χ2v) is 3.08. The fourth-order valence-electron chi connectivity index (χ4n) is 0.643. The number of amides is 1. The van der Waals surface area contributed by atoms with Gasteiger partial charge >= 0.3 is 0 Å². The van der Waals surface area contributed by atoms with Crippen molar-refractivity contribution in [3.63, 3.8) is 0 Å². The predicted octanol–water partition coefficient (Wildman–Crippen LogP) is -0.386. The van der Waals surface area contributed by atoms with Gasteiger partial charge in [0.15, 0.2) is 0 Å². The van der Waals surface area contributed by atoms with Crippen LogP contribution in [-0.2, 0) is 9.53 Å². The zero-order chi connectivity index (χ0) is 9.40. The molecule has 1 amide bonds. The summed E-state index contributed by atoms with van der Waals surface area (Å²) in [6.45, 7) is 3.21. The number of carbonyl (C=O) groups excluding carboxylic acids is 1. The van der Waals surface area contributed by atoms with E-state index >= 15 is 0 Å². The van der Waals surface area contributed by atoms with E-state index in [1.807, 2.05) is 6.92 Å². The number of nitrogens with one attached hydrogen (secondary N) is 2. The SMILES string of the molecule is CNCC(=O)NCCOC(C)S. The molecule has 0 fully saturated rings. The number of hydrogen-bond acceptors (Lipinski definition) is 4. The Balaban J connectivity index is 3.14. The number of ether oxygens (including phenoxy) is 1. The number of likely N-dealkylation sites (N-methyl/N-ethyl adjacent to an activating group) is 1. The molecule has 0 rings (SSSR count). The Hall–Kier alpha value is -0.260. The molecule has 0 saturated carbocycles. The maximum absolute atomic E-state index is 10.8. The zero-order valence-electron chi connectivity index (χ0n) is 7.46. The van der Waals surface area contributed by atoms with E-state index in [0.717, 1.165) is 0 Å². The first kappa shape index (κ1) is 11.7. The Kier molecular flexibility index (Phi) is 7.23. The molecular weight excluding hydrogens is 176 g/mol. The molecule has 72 valence electrons. The van der Waals surface area contributed by atoms with Crippen LogP contribution < -0.4 is 10.6 Å². The molecule has 0 aromatic heterocycles. The summed E-state index contributed by atoms with van der Waals surface area (Å²) >= 11 is 4.02. The van der Waals surface area contributed by atoms with Crippen LogP contribution in [0.5, 0.6) is 0 Å². The van der Waals surface area contributed by atoms with E-state index < -0.39 is 0 Å². The molecule has 1 atom stereocenters. The molecule has 1 unspecified atom stereocenters. The van der Waals surface area contributed by atoms with Gasteiger partial charge in [0, 0.05) is 6.54 Å². The first-order chi connectivity index (χ1) is 5.66. The van der Waals surface area contributed by atoms with Gasteiger partial charge < -0.3 is 15.4 Å². The number of hydrogen-bond donors (Lipinski definition) is 3. The van der Waals surface area contributed by atoms with Gasteiger partial charge in [-0.1, -0.05) is 0 Å². The van der Waals surface area contributed by atoms with Crippen LogP contribution in [0.2, 0.25) is 0 Å². The third kappa shape index (κ3) is 7.84. The zero-order valence-corrected chi connectivity index (χ0v) is 8.36. The first-order valence-corrected chi connectivity index (χ1v) is 4.39. The van der Waals surface area contributed by atoms with E-state index in [9.17, 15) is 4.79 Å². The van der Waals surface area contributed by atoms with Crippen molar-refractivity contribution in [2.75, 3.05) is 26.7 Å². The molecule has 5 heteroatoms. The summed E-state index contributed by atoms with van der Waals surface area (Å²) in [5, 5.41) is 5.43. The summed E-state index contributed by atoms with van der Waals surface area (Å²) < 4.78 is 5.10. The van der Waals surface area contributed by atoms with Crippen molar-refractivity contribution in [1.82, 2.24) is 10.6 Å². The fraction of sp³-hybridized carbons (Fsp3) is 0.857. The standard InChI is InChI=1S/C7H16N2O2S/c1-6(12)11-4-3-9-7(10)5-8-2/h6,8,12H,3-5H2,1-2H3,(H,9,10). The van der Waals surface area contributed by atoms with Crippen molar-refractivity contribution < 1.29 is 9.53 Å². The largest absolute Gasteiger partial charge is 0.366 e. The summed E-state index contributed by atoms with van der Waals surface area (Å²) in [5.41, 5.74) is -0.0776. The lowest BCUT2D eigenvalue weighted by Crippen LogP contribution is -2.34. The smallest absolute Gasteiger partial charge is 0.234 e. The van der Waals surface area contributed by atoms with Gasteiger partial charge in [0.1, 0.15) is 0 Å². The summed E-state index contributed by atoms with van der Waals surface area (Å²) in [6, 6.07) is 0. The van der Waals surface area contributed by atoms with Crippen molar-refractivity contribution >= 4 is 18.5 Å². The molecule has 4 nitrogen and oxygen atoms in total. The minimum Gasteiger partial charge on any atom is -0.366 e. The van der Waals surface area contributed by atoms with Crippen molar-refractivity contribution in [3.8, 4) is 0 Å². The lowest BCUT2D eigenvalue weighted by Gasteiger charge is -2.07. The van der Waals surface area contributed by atoms with E-state index in [1.54, 1.807) is 7.05 Å². The second kappa shape index (κ2) is 7.39. The third-order valence-corrected chi connectivity index (χ3v) is 1.27. The first-order valence-electron chi connectivity index (χ1n) is 3.87. The van der Waals surface area contributed by atoms with E-state index in [-0.39, 0.29) is 11.3 Å². The maximum Gasteiger partial charge on any atom is 0.234 e. The predicted molar refractivity (Wildman–Crippen MR) is 51.3 cm³/mol. The Morgan fingerprint density at radius 3 is 2.83 bits per heavy atom. The summed E-state index contributed by atoms with van der Waals surface area (Å²) in [7, 11) is 1.73. The van der Waals surface area contributed by atoms with Crippen molar-refractivity contribution in [2.24, 2.45) is 0 Å². The lowest BCUT2D eigenvalue weighted by molar-refractivity contribution is -0.120. The van der Waals surface area contributed by atoms with Crippen LogP contribution in [0.3, 0.4) is 0 Å². The van der Waals surface area contributed by atoms with Crippen molar-refractivity contribution in [1.29, 1.82) is 0 Å². The molecule has 2 N–H and O–H groups in total. The van der Waals surface area contributed by atoms with Gasteiger partial charge in [-0.05, 0) is 14.0 Å². The molecule has 0 spiro atoms. The number of carbonyl (C=O) groups is 1. The Bertz CT molecular complexity index is 131. The molecule has 0 radical (unpaired) electrons. The average Bonchev–Trinajstić information content (AvgIpc) is 1.98.